The third kappa shape index (κ3) is 2.19. The van der Waals surface area contributed by atoms with Gasteiger partial charge >= 0.3 is 0 Å². The summed E-state index contributed by atoms with van der Waals surface area (Å²) in [5, 5.41) is 2.80. The van der Waals surface area contributed by atoms with Crippen molar-refractivity contribution in [3.8, 4) is 0 Å². The number of carbonyl (C=O) groups excluding carboxylic acids is 1. The summed E-state index contributed by atoms with van der Waals surface area (Å²) < 4.78 is 10.6. The Morgan fingerprint density at radius 3 is 2.75 bits per heavy atom. The maximum absolute atomic E-state index is 11.8. The van der Waals surface area contributed by atoms with Gasteiger partial charge in [0.1, 0.15) is 5.76 Å². The van der Waals surface area contributed by atoms with Crippen molar-refractivity contribution in [1.82, 2.24) is 5.32 Å². The first-order valence-corrected chi connectivity index (χ1v) is 5.55. The summed E-state index contributed by atoms with van der Waals surface area (Å²) in [5.74, 6) is 0.512. The highest BCUT2D eigenvalue weighted by atomic mass is 79.9. The van der Waals surface area contributed by atoms with Crippen molar-refractivity contribution in [3.05, 3.63) is 46.7 Å². The van der Waals surface area contributed by atoms with E-state index >= 15 is 0 Å². The number of halogens is 1. The molecule has 1 N–H and O–H groups in total. The van der Waals surface area contributed by atoms with Crippen LogP contribution in [0.5, 0.6) is 0 Å². The van der Waals surface area contributed by atoms with Gasteiger partial charge in [0.15, 0.2) is 4.67 Å². The van der Waals surface area contributed by atoms with Gasteiger partial charge in [-0.3, -0.25) is 4.79 Å². The molecule has 0 aliphatic rings. The monoisotopic (exact) mass is 283 g/mol. The minimum absolute atomic E-state index is 0.177. The van der Waals surface area contributed by atoms with E-state index in [1.54, 1.807) is 18.4 Å². The average molecular weight is 284 g/mol. The zero-order chi connectivity index (χ0) is 11.5. The van der Waals surface area contributed by atoms with Crippen LogP contribution in [0.1, 0.15) is 29.1 Å². The quantitative estimate of drug-likeness (QED) is 0.942. The van der Waals surface area contributed by atoms with Crippen molar-refractivity contribution in [1.29, 1.82) is 0 Å². The standard InChI is InChI=1S/C11H10BrNO3/c1-7(9-3-2-5-15-9)13-11(14)8-4-6-16-10(8)12/h2-7H,1H3,(H,13,14). The Bertz CT molecular complexity index is 475. The second-order valence-electron chi connectivity index (χ2n) is 3.32. The lowest BCUT2D eigenvalue weighted by Crippen LogP contribution is -2.26. The predicted molar refractivity (Wildman–Crippen MR) is 61.0 cm³/mol. The number of furan rings is 2. The zero-order valence-corrected chi connectivity index (χ0v) is 10.2. The molecule has 16 heavy (non-hydrogen) atoms. The molecule has 0 saturated carbocycles. The summed E-state index contributed by atoms with van der Waals surface area (Å²) in [7, 11) is 0. The van der Waals surface area contributed by atoms with Crippen molar-refractivity contribution in [2.75, 3.05) is 0 Å². The number of hydrogen-bond donors (Lipinski definition) is 1. The molecule has 0 radical (unpaired) electrons. The molecule has 5 heteroatoms. The fourth-order valence-electron chi connectivity index (χ4n) is 1.34. The maximum Gasteiger partial charge on any atom is 0.256 e. The first kappa shape index (κ1) is 11.0. The van der Waals surface area contributed by atoms with Crippen LogP contribution in [0.4, 0.5) is 0 Å². The van der Waals surface area contributed by atoms with Gasteiger partial charge in [0, 0.05) is 0 Å². The van der Waals surface area contributed by atoms with Gasteiger partial charge in [-0.15, -0.1) is 0 Å². The van der Waals surface area contributed by atoms with Crippen LogP contribution in [0.2, 0.25) is 0 Å². The van der Waals surface area contributed by atoms with E-state index < -0.39 is 0 Å². The van der Waals surface area contributed by atoms with Crippen molar-refractivity contribution in [2.45, 2.75) is 13.0 Å². The Kier molecular flexibility index (Phi) is 3.14. The Morgan fingerprint density at radius 2 is 2.19 bits per heavy atom. The number of carbonyl (C=O) groups is 1. The van der Waals surface area contributed by atoms with Gasteiger partial charge in [0.25, 0.3) is 5.91 Å². The molecule has 0 bridgehead atoms. The normalized spacial score (nSPS) is 12.4. The van der Waals surface area contributed by atoms with Crippen LogP contribution in [0.15, 0.2) is 44.2 Å². The molecule has 0 fully saturated rings. The number of amides is 1. The van der Waals surface area contributed by atoms with E-state index in [4.69, 9.17) is 8.83 Å². The molecule has 2 heterocycles. The number of hydrogen-bond acceptors (Lipinski definition) is 3. The predicted octanol–water partition coefficient (Wildman–Crippen LogP) is 3.13. The first-order valence-electron chi connectivity index (χ1n) is 4.75. The molecule has 1 atom stereocenters. The molecule has 0 spiro atoms. The summed E-state index contributed by atoms with van der Waals surface area (Å²) in [6, 6.07) is 5.03. The second-order valence-corrected chi connectivity index (χ2v) is 4.04. The molecule has 4 nitrogen and oxygen atoms in total. The van der Waals surface area contributed by atoms with Gasteiger partial charge in [-0.25, -0.2) is 0 Å². The van der Waals surface area contributed by atoms with Crippen LogP contribution in [-0.4, -0.2) is 5.91 Å². The Morgan fingerprint density at radius 1 is 1.38 bits per heavy atom. The molecule has 0 aliphatic heterocycles. The lowest BCUT2D eigenvalue weighted by Gasteiger charge is -2.10. The van der Waals surface area contributed by atoms with Crippen LogP contribution in [0.3, 0.4) is 0 Å². The molecular formula is C11H10BrNO3. The van der Waals surface area contributed by atoms with Crippen LogP contribution < -0.4 is 5.32 Å². The van der Waals surface area contributed by atoms with Gasteiger partial charge in [-0.2, -0.15) is 0 Å². The van der Waals surface area contributed by atoms with E-state index in [9.17, 15) is 4.79 Å². The molecule has 2 aromatic rings. The van der Waals surface area contributed by atoms with E-state index in [-0.39, 0.29) is 11.9 Å². The largest absolute Gasteiger partial charge is 0.467 e. The summed E-state index contributed by atoms with van der Waals surface area (Å²) in [6.07, 6.45) is 3.03. The van der Waals surface area contributed by atoms with E-state index in [1.165, 1.54) is 6.26 Å². The topological polar surface area (TPSA) is 55.4 Å². The summed E-state index contributed by atoms with van der Waals surface area (Å²) in [5.41, 5.74) is 0.471. The van der Waals surface area contributed by atoms with Gasteiger partial charge < -0.3 is 14.2 Å². The van der Waals surface area contributed by atoms with Crippen LogP contribution in [0.25, 0.3) is 0 Å². The van der Waals surface area contributed by atoms with Crippen molar-refractivity contribution in [3.63, 3.8) is 0 Å². The third-order valence-corrected chi connectivity index (χ3v) is 2.79. The lowest BCUT2D eigenvalue weighted by molar-refractivity contribution is 0.0933. The highest BCUT2D eigenvalue weighted by Crippen LogP contribution is 2.19. The molecule has 0 aliphatic carbocycles. The van der Waals surface area contributed by atoms with Crippen LogP contribution in [0, 0.1) is 0 Å². The SMILES string of the molecule is CC(NC(=O)c1ccoc1Br)c1ccco1. The van der Waals surface area contributed by atoms with Crippen LogP contribution in [-0.2, 0) is 0 Å². The highest BCUT2D eigenvalue weighted by molar-refractivity contribution is 9.10. The maximum atomic E-state index is 11.8. The second kappa shape index (κ2) is 4.57. The molecule has 2 aromatic heterocycles. The summed E-state index contributed by atoms with van der Waals surface area (Å²) in [4.78, 5) is 11.8. The minimum Gasteiger partial charge on any atom is -0.467 e. The Balaban J connectivity index is 2.06. The minimum atomic E-state index is -0.204. The molecular weight excluding hydrogens is 274 g/mol. The van der Waals surface area contributed by atoms with E-state index in [2.05, 4.69) is 21.2 Å². The molecule has 1 unspecified atom stereocenters. The van der Waals surface area contributed by atoms with E-state index in [0.29, 0.717) is 16.0 Å². The van der Waals surface area contributed by atoms with Crippen molar-refractivity contribution in [2.24, 2.45) is 0 Å². The van der Waals surface area contributed by atoms with Crippen molar-refractivity contribution >= 4 is 21.8 Å². The molecule has 0 saturated heterocycles. The lowest BCUT2D eigenvalue weighted by atomic mass is 10.2. The highest BCUT2D eigenvalue weighted by Gasteiger charge is 2.16. The fraction of sp³-hybridized carbons (Fsp3) is 0.182. The van der Waals surface area contributed by atoms with Gasteiger partial charge in [-0.1, -0.05) is 0 Å². The van der Waals surface area contributed by atoms with Gasteiger partial charge in [0.05, 0.1) is 24.1 Å². The molecule has 84 valence electrons. The summed E-state index contributed by atoms with van der Waals surface area (Å²) >= 11 is 3.15. The number of nitrogens with one attached hydrogen (secondary N) is 1. The average Bonchev–Trinajstić information content (AvgIpc) is 2.86. The van der Waals surface area contributed by atoms with E-state index in [1.807, 2.05) is 13.0 Å². The Labute approximate surface area is 101 Å². The molecule has 2 rings (SSSR count). The van der Waals surface area contributed by atoms with Crippen molar-refractivity contribution < 1.29 is 13.6 Å². The smallest absolute Gasteiger partial charge is 0.256 e. The summed E-state index contributed by atoms with van der Waals surface area (Å²) in [6.45, 7) is 1.85. The zero-order valence-electron chi connectivity index (χ0n) is 8.57. The van der Waals surface area contributed by atoms with Gasteiger partial charge in [-0.05, 0) is 41.1 Å². The third-order valence-electron chi connectivity index (χ3n) is 2.18. The number of rotatable bonds is 3. The molecule has 0 aromatic carbocycles. The first-order chi connectivity index (χ1) is 7.68. The van der Waals surface area contributed by atoms with Gasteiger partial charge in [0.2, 0.25) is 0 Å². The Hall–Kier alpha value is -1.49. The molecule has 1 amide bonds. The fourth-order valence-corrected chi connectivity index (χ4v) is 1.76. The van der Waals surface area contributed by atoms with Crippen LogP contribution >= 0.6 is 15.9 Å². The van der Waals surface area contributed by atoms with E-state index in [0.717, 1.165) is 0 Å².